The quantitative estimate of drug-likeness (QED) is 0.825. The second kappa shape index (κ2) is 5.73. The van der Waals surface area contributed by atoms with Gasteiger partial charge in [0.1, 0.15) is 13.1 Å². The third-order valence-corrected chi connectivity index (χ3v) is 3.21. The van der Waals surface area contributed by atoms with Gasteiger partial charge in [0.25, 0.3) is 5.91 Å². The fourth-order valence-corrected chi connectivity index (χ4v) is 2.08. The van der Waals surface area contributed by atoms with Gasteiger partial charge < -0.3 is 10.2 Å². The molecule has 1 aliphatic heterocycles. The molecule has 6 heteroatoms. The number of amides is 4. The lowest BCUT2D eigenvalue weighted by molar-refractivity contribution is -0.131. The molecule has 4 amide bonds. The van der Waals surface area contributed by atoms with E-state index in [1.54, 1.807) is 0 Å². The Morgan fingerprint density at radius 1 is 1.30 bits per heavy atom. The SMILES string of the molecule is C[C@H](NC(=O)CN1C(=O)CN(C)C1=O)c1ccccc1. The van der Waals surface area contributed by atoms with Crippen molar-refractivity contribution in [2.45, 2.75) is 13.0 Å². The minimum absolute atomic E-state index is 0.0281. The molecule has 6 nitrogen and oxygen atoms in total. The molecule has 0 radical (unpaired) electrons. The van der Waals surface area contributed by atoms with Crippen LogP contribution in [0.3, 0.4) is 0 Å². The van der Waals surface area contributed by atoms with Crippen molar-refractivity contribution in [2.24, 2.45) is 0 Å². The van der Waals surface area contributed by atoms with Crippen molar-refractivity contribution in [1.82, 2.24) is 15.1 Å². The second-order valence-electron chi connectivity index (χ2n) is 4.82. The van der Waals surface area contributed by atoms with E-state index in [9.17, 15) is 14.4 Å². The van der Waals surface area contributed by atoms with Crippen molar-refractivity contribution in [1.29, 1.82) is 0 Å². The van der Waals surface area contributed by atoms with Gasteiger partial charge in [-0.15, -0.1) is 0 Å². The van der Waals surface area contributed by atoms with Crippen LogP contribution in [0.2, 0.25) is 0 Å². The molecule has 1 aromatic carbocycles. The Hall–Kier alpha value is -2.37. The van der Waals surface area contributed by atoms with Crippen LogP contribution in [0.15, 0.2) is 30.3 Å². The summed E-state index contributed by atoms with van der Waals surface area (Å²) >= 11 is 0. The Morgan fingerprint density at radius 2 is 1.95 bits per heavy atom. The number of nitrogens with one attached hydrogen (secondary N) is 1. The monoisotopic (exact) mass is 275 g/mol. The molecule has 2 rings (SSSR count). The number of urea groups is 1. The Morgan fingerprint density at radius 3 is 2.50 bits per heavy atom. The van der Waals surface area contributed by atoms with Crippen molar-refractivity contribution in [3.8, 4) is 0 Å². The van der Waals surface area contributed by atoms with Gasteiger partial charge in [-0.2, -0.15) is 0 Å². The van der Waals surface area contributed by atoms with Crippen molar-refractivity contribution < 1.29 is 14.4 Å². The predicted molar refractivity (Wildman–Crippen MR) is 72.7 cm³/mol. The number of nitrogens with zero attached hydrogens (tertiary/aromatic N) is 2. The zero-order valence-electron chi connectivity index (χ0n) is 11.5. The maximum Gasteiger partial charge on any atom is 0.327 e. The van der Waals surface area contributed by atoms with E-state index in [0.717, 1.165) is 10.5 Å². The smallest absolute Gasteiger partial charge is 0.327 e. The zero-order chi connectivity index (χ0) is 14.7. The van der Waals surface area contributed by atoms with Crippen molar-refractivity contribution in [3.05, 3.63) is 35.9 Å². The zero-order valence-corrected chi connectivity index (χ0v) is 11.5. The first-order valence-electron chi connectivity index (χ1n) is 6.39. The number of likely N-dealkylation sites (N-methyl/N-ethyl adjacent to an activating group) is 1. The Labute approximate surface area is 117 Å². The molecule has 1 saturated heterocycles. The van der Waals surface area contributed by atoms with Gasteiger partial charge in [-0.3, -0.25) is 14.5 Å². The number of rotatable bonds is 4. The molecule has 1 heterocycles. The summed E-state index contributed by atoms with van der Waals surface area (Å²) in [5, 5.41) is 2.78. The van der Waals surface area contributed by atoms with E-state index in [0.29, 0.717) is 0 Å². The standard InChI is InChI=1S/C14H17N3O3/c1-10(11-6-4-3-5-7-11)15-12(18)8-17-13(19)9-16(2)14(17)20/h3-7,10H,8-9H2,1-2H3,(H,15,18)/t10-/m0/s1. The average molecular weight is 275 g/mol. The first kappa shape index (κ1) is 14.0. The molecule has 1 aromatic rings. The van der Waals surface area contributed by atoms with Gasteiger partial charge in [0.15, 0.2) is 0 Å². The topological polar surface area (TPSA) is 69.7 Å². The van der Waals surface area contributed by atoms with E-state index in [-0.39, 0.29) is 30.9 Å². The third kappa shape index (κ3) is 2.96. The van der Waals surface area contributed by atoms with Crippen LogP contribution < -0.4 is 5.32 Å². The van der Waals surface area contributed by atoms with Gasteiger partial charge in [0.2, 0.25) is 5.91 Å². The summed E-state index contributed by atoms with van der Waals surface area (Å²) in [7, 11) is 1.53. The summed E-state index contributed by atoms with van der Waals surface area (Å²) in [6.45, 7) is 1.65. The van der Waals surface area contributed by atoms with Crippen LogP contribution in [0, 0.1) is 0 Å². The lowest BCUT2D eigenvalue weighted by atomic mass is 10.1. The highest BCUT2D eigenvalue weighted by Gasteiger charge is 2.34. The molecule has 0 saturated carbocycles. The van der Waals surface area contributed by atoms with E-state index in [2.05, 4.69) is 5.32 Å². The highest BCUT2D eigenvalue weighted by molar-refractivity contribution is 6.04. The Kier molecular flexibility index (Phi) is 4.02. The molecular weight excluding hydrogens is 258 g/mol. The molecule has 20 heavy (non-hydrogen) atoms. The van der Waals surface area contributed by atoms with Gasteiger partial charge in [-0.05, 0) is 12.5 Å². The summed E-state index contributed by atoms with van der Waals surface area (Å²) in [5.74, 6) is -0.696. The molecule has 0 aliphatic carbocycles. The van der Waals surface area contributed by atoms with Gasteiger partial charge in [0, 0.05) is 7.05 Å². The molecular formula is C14H17N3O3. The molecule has 106 valence electrons. The average Bonchev–Trinajstić information content (AvgIpc) is 2.66. The summed E-state index contributed by atoms with van der Waals surface area (Å²) in [5.41, 5.74) is 0.969. The summed E-state index contributed by atoms with van der Waals surface area (Å²) in [6.07, 6.45) is 0. The van der Waals surface area contributed by atoms with Gasteiger partial charge in [-0.25, -0.2) is 4.79 Å². The van der Waals surface area contributed by atoms with Crippen molar-refractivity contribution in [2.75, 3.05) is 20.1 Å². The maximum absolute atomic E-state index is 11.9. The van der Waals surface area contributed by atoms with E-state index in [1.807, 2.05) is 37.3 Å². The van der Waals surface area contributed by atoms with Crippen LogP contribution in [0.1, 0.15) is 18.5 Å². The van der Waals surface area contributed by atoms with Crippen molar-refractivity contribution >= 4 is 17.8 Å². The van der Waals surface area contributed by atoms with Gasteiger partial charge in [0.05, 0.1) is 6.04 Å². The number of hydrogen-bond donors (Lipinski definition) is 1. The van der Waals surface area contributed by atoms with E-state index in [4.69, 9.17) is 0 Å². The predicted octanol–water partition coefficient (Wildman–Crippen LogP) is 0.758. The molecule has 1 atom stereocenters. The van der Waals surface area contributed by atoms with Crippen LogP contribution in [0.4, 0.5) is 4.79 Å². The normalized spacial score (nSPS) is 16.5. The fourth-order valence-electron chi connectivity index (χ4n) is 2.08. The second-order valence-corrected chi connectivity index (χ2v) is 4.82. The fraction of sp³-hybridized carbons (Fsp3) is 0.357. The molecule has 1 aliphatic rings. The van der Waals surface area contributed by atoms with Gasteiger partial charge in [-0.1, -0.05) is 30.3 Å². The molecule has 0 spiro atoms. The number of imide groups is 1. The molecule has 1 fully saturated rings. The highest BCUT2D eigenvalue weighted by Crippen LogP contribution is 2.12. The highest BCUT2D eigenvalue weighted by atomic mass is 16.2. The van der Waals surface area contributed by atoms with Crippen LogP contribution >= 0.6 is 0 Å². The van der Waals surface area contributed by atoms with Crippen LogP contribution in [0.5, 0.6) is 0 Å². The lowest BCUT2D eigenvalue weighted by Crippen LogP contribution is -2.41. The molecule has 0 bridgehead atoms. The first-order chi connectivity index (χ1) is 9.49. The van der Waals surface area contributed by atoms with Crippen LogP contribution in [0.25, 0.3) is 0 Å². The summed E-state index contributed by atoms with van der Waals surface area (Å²) in [4.78, 5) is 37.4. The van der Waals surface area contributed by atoms with E-state index < -0.39 is 6.03 Å². The maximum atomic E-state index is 11.9. The minimum Gasteiger partial charge on any atom is -0.348 e. The summed E-state index contributed by atoms with van der Waals surface area (Å²) < 4.78 is 0. The number of benzene rings is 1. The number of carbonyl (C=O) groups excluding carboxylic acids is 3. The Balaban J connectivity index is 1.93. The van der Waals surface area contributed by atoms with Crippen LogP contribution in [-0.2, 0) is 9.59 Å². The molecule has 0 aromatic heterocycles. The van der Waals surface area contributed by atoms with Crippen molar-refractivity contribution in [3.63, 3.8) is 0 Å². The van der Waals surface area contributed by atoms with Gasteiger partial charge >= 0.3 is 6.03 Å². The number of carbonyl (C=O) groups is 3. The number of hydrogen-bond acceptors (Lipinski definition) is 3. The summed E-state index contributed by atoms with van der Waals surface area (Å²) in [6, 6.07) is 8.89. The lowest BCUT2D eigenvalue weighted by Gasteiger charge is -2.17. The first-order valence-corrected chi connectivity index (χ1v) is 6.39. The minimum atomic E-state index is -0.433. The van der Waals surface area contributed by atoms with E-state index in [1.165, 1.54) is 11.9 Å². The third-order valence-electron chi connectivity index (χ3n) is 3.21. The molecule has 0 unspecified atom stereocenters. The molecule has 1 N–H and O–H groups in total. The van der Waals surface area contributed by atoms with Crippen LogP contribution in [-0.4, -0.2) is 47.8 Å². The Bertz CT molecular complexity index is 530. The largest absolute Gasteiger partial charge is 0.348 e. The van der Waals surface area contributed by atoms with E-state index >= 15 is 0 Å².